The first-order chi connectivity index (χ1) is 17.5. The minimum Gasteiger partial charge on any atom is -0.744 e. The zero-order valence-electron chi connectivity index (χ0n) is 21.1. The van der Waals surface area contributed by atoms with Gasteiger partial charge in [-0.25, -0.2) is 30.2 Å². The Morgan fingerprint density at radius 3 is 2.27 bits per heavy atom. The Morgan fingerprint density at radius 1 is 1.05 bits per heavy atom. The van der Waals surface area contributed by atoms with Gasteiger partial charge < -0.3 is 9.11 Å². The van der Waals surface area contributed by atoms with E-state index in [-0.39, 0.29) is 95.8 Å². The maximum Gasteiger partial charge on any atom is 1.00 e. The monoisotopic (exact) mass is 665 g/mol. The van der Waals surface area contributed by atoms with E-state index in [1.807, 2.05) is 0 Å². The number of aromatic nitrogens is 1. The van der Waals surface area contributed by atoms with Crippen molar-refractivity contribution in [3.8, 4) is 0 Å². The van der Waals surface area contributed by atoms with Crippen LogP contribution in [0.2, 0.25) is 5.02 Å². The smallest absolute Gasteiger partial charge is 0.744 e. The third-order valence-electron chi connectivity index (χ3n) is 5.18. The summed E-state index contributed by atoms with van der Waals surface area (Å²) >= 11 is 6.56. The quantitative estimate of drug-likeness (QED) is 0.137. The summed E-state index contributed by atoms with van der Waals surface area (Å²) in [6.07, 6.45) is 0. The molecule has 1 aromatic heterocycles. The van der Waals surface area contributed by atoms with Gasteiger partial charge in [0.05, 0.1) is 37.3 Å². The summed E-state index contributed by atoms with van der Waals surface area (Å²) in [4.78, 5) is 15.4. The molecule has 1 amide bonds. The third-order valence-corrected chi connectivity index (χ3v) is 10.7. The van der Waals surface area contributed by atoms with E-state index in [2.05, 4.69) is 20.3 Å². The molecule has 1 aliphatic rings. The predicted molar refractivity (Wildman–Crippen MR) is 134 cm³/mol. The van der Waals surface area contributed by atoms with Gasteiger partial charge in [-0.1, -0.05) is 18.5 Å². The maximum absolute atomic E-state index is 13.0. The molecule has 1 unspecified atom stereocenters. The fourth-order valence-corrected chi connectivity index (χ4v) is 7.45. The molecule has 0 aliphatic carbocycles. The van der Waals surface area contributed by atoms with Crippen molar-refractivity contribution in [1.29, 1.82) is 0 Å². The average molecular weight is 666 g/mol. The van der Waals surface area contributed by atoms with Crippen molar-refractivity contribution < 1.29 is 98.3 Å². The molecular formula is C19H14ClN5Na2O9S4. The van der Waals surface area contributed by atoms with Gasteiger partial charge in [0, 0.05) is 0 Å². The van der Waals surface area contributed by atoms with Gasteiger partial charge >= 0.3 is 59.1 Å². The van der Waals surface area contributed by atoms with Crippen LogP contribution in [0.3, 0.4) is 0 Å². The van der Waals surface area contributed by atoms with Gasteiger partial charge in [-0.3, -0.25) is 4.79 Å². The van der Waals surface area contributed by atoms with Crippen molar-refractivity contribution in [3.05, 3.63) is 35.4 Å². The number of carbonyl (C=O) groups excluding carboxylic acids is 1. The van der Waals surface area contributed by atoms with Crippen molar-refractivity contribution in [2.45, 2.75) is 34.0 Å². The van der Waals surface area contributed by atoms with E-state index in [1.165, 1.54) is 19.9 Å². The number of benzene rings is 2. The van der Waals surface area contributed by atoms with Gasteiger partial charge in [-0.15, -0.1) is 11.3 Å². The van der Waals surface area contributed by atoms with E-state index in [0.29, 0.717) is 11.3 Å². The minimum atomic E-state index is -5.21. The molecule has 0 spiro atoms. The molecule has 14 nitrogen and oxygen atoms in total. The topological polar surface area (TPSA) is 219 Å². The average Bonchev–Trinajstić information content (AvgIpc) is 3.37. The third kappa shape index (κ3) is 7.01. The van der Waals surface area contributed by atoms with Crippen LogP contribution in [0.4, 0.5) is 11.4 Å². The van der Waals surface area contributed by atoms with Crippen LogP contribution in [0.1, 0.15) is 13.8 Å². The number of amides is 1. The Kier molecular flexibility index (Phi) is 11.3. The first-order valence-corrected chi connectivity index (χ1v) is 15.9. The molecular weight excluding hydrogens is 652 g/mol. The molecule has 0 bridgehead atoms. The maximum atomic E-state index is 13.0. The van der Waals surface area contributed by atoms with Gasteiger partial charge in [-0.2, -0.15) is 20.3 Å². The molecule has 1 aliphatic heterocycles. The van der Waals surface area contributed by atoms with Crippen molar-refractivity contribution in [2.75, 3.05) is 10.8 Å². The number of sulfone groups is 1. The second-order valence-corrected chi connectivity index (χ2v) is 14.2. The largest absolute Gasteiger partial charge is 1.00 e. The van der Waals surface area contributed by atoms with E-state index < -0.39 is 57.5 Å². The number of rotatable bonds is 7. The molecule has 4 rings (SSSR count). The van der Waals surface area contributed by atoms with Crippen molar-refractivity contribution in [1.82, 2.24) is 4.98 Å². The summed E-state index contributed by atoms with van der Waals surface area (Å²) in [5.41, 5.74) is -0.691. The number of fused-ring (bicyclic) bond motifs is 1. The Labute approximate surface area is 281 Å². The minimum absolute atomic E-state index is 0. The molecule has 202 valence electrons. The Morgan fingerprint density at radius 2 is 1.70 bits per heavy atom. The molecule has 0 saturated carbocycles. The zero-order valence-corrected chi connectivity index (χ0v) is 29.1. The second kappa shape index (κ2) is 12.8. The molecule has 2 heterocycles. The van der Waals surface area contributed by atoms with E-state index in [9.17, 15) is 39.2 Å². The van der Waals surface area contributed by atoms with Crippen LogP contribution < -0.4 is 64.1 Å². The zero-order chi connectivity index (χ0) is 28.2. The van der Waals surface area contributed by atoms with Crippen LogP contribution in [-0.4, -0.2) is 62.8 Å². The molecule has 2 aromatic carbocycles. The Bertz CT molecular complexity index is 1900. The molecule has 40 heavy (non-hydrogen) atoms. The summed E-state index contributed by atoms with van der Waals surface area (Å²) < 4.78 is 94.2. The predicted octanol–water partition coefficient (Wildman–Crippen LogP) is -3.57. The Balaban J connectivity index is 0.00000280. The van der Waals surface area contributed by atoms with Crippen molar-refractivity contribution in [2.24, 2.45) is 15.3 Å². The van der Waals surface area contributed by atoms with E-state index in [4.69, 9.17) is 11.6 Å². The molecule has 0 saturated heterocycles. The second-order valence-electron chi connectivity index (χ2n) is 7.68. The first-order valence-electron chi connectivity index (χ1n) is 10.2. The summed E-state index contributed by atoms with van der Waals surface area (Å²) in [5, 5.41) is 12.2. The fraction of sp³-hybridized carbons (Fsp3) is 0.211. The fourth-order valence-electron chi connectivity index (χ4n) is 3.31. The van der Waals surface area contributed by atoms with Crippen LogP contribution in [0, 0.1) is 0 Å². The number of nitrogens with zero attached hydrogens (tertiary/aromatic N) is 5. The van der Waals surface area contributed by atoms with Crippen molar-refractivity contribution >= 4 is 86.2 Å². The first kappa shape index (κ1) is 35.3. The number of azo groups is 1. The molecule has 21 heteroatoms. The summed E-state index contributed by atoms with van der Waals surface area (Å²) in [7, 11) is -13.9. The van der Waals surface area contributed by atoms with Crippen LogP contribution >= 0.6 is 22.9 Å². The molecule has 0 radical (unpaired) electrons. The molecule has 0 N–H and O–H groups in total. The molecule has 3 aromatic rings. The Hall–Kier alpha value is -0.870. The van der Waals surface area contributed by atoms with Gasteiger partial charge in [-0.05, 0) is 37.3 Å². The van der Waals surface area contributed by atoms with Crippen LogP contribution in [0.25, 0.3) is 10.2 Å². The summed E-state index contributed by atoms with van der Waals surface area (Å²) in [6.45, 7) is 2.75. The number of hydrogen-bond acceptors (Lipinski definition) is 14. The van der Waals surface area contributed by atoms with Gasteiger partial charge in [0.15, 0.2) is 6.04 Å². The SMILES string of the molecule is CCS(=O)(=O)c1nc2ccc(N=NC3C(=O)N(c4cc(S(=O)(=O)[O-])ccc4Cl)N=C3C)c(S(=O)(=O)[O-])c2s1.[Na+].[Na+]. The number of carbonyl (C=O) groups is 1. The van der Waals surface area contributed by atoms with E-state index >= 15 is 0 Å². The van der Waals surface area contributed by atoms with Gasteiger partial charge in [0.1, 0.15) is 30.8 Å². The van der Waals surface area contributed by atoms with Crippen LogP contribution in [0.5, 0.6) is 0 Å². The van der Waals surface area contributed by atoms with E-state index in [1.54, 1.807) is 0 Å². The molecule has 0 fully saturated rings. The number of halogens is 1. The summed E-state index contributed by atoms with van der Waals surface area (Å²) in [6, 6.07) is 3.83. The van der Waals surface area contributed by atoms with Crippen LogP contribution in [-0.2, 0) is 34.9 Å². The van der Waals surface area contributed by atoms with Gasteiger partial charge in [0.2, 0.25) is 14.2 Å². The number of anilines is 1. The van der Waals surface area contributed by atoms with Crippen molar-refractivity contribution in [3.63, 3.8) is 0 Å². The van der Waals surface area contributed by atoms with Gasteiger partial charge in [0.25, 0.3) is 5.91 Å². The molecule has 1 atom stereocenters. The number of hydrogen-bond donors (Lipinski definition) is 0. The number of hydrazone groups is 1. The normalized spacial score (nSPS) is 16.2. The summed E-state index contributed by atoms with van der Waals surface area (Å²) in [5.74, 6) is -1.17. The number of thiazole rings is 1. The van der Waals surface area contributed by atoms with Crippen LogP contribution in [0.15, 0.2) is 59.8 Å². The van der Waals surface area contributed by atoms with E-state index in [0.717, 1.165) is 29.3 Å². The standard InChI is InChI=1S/C19H16ClN5O9S4.2Na/c1-3-36(27,28)19-21-12-6-7-13(17(16(12)35-19)38(32,33)34)22-23-15-9(2)24-25(18(15)26)14-8-10(37(29,30)31)4-5-11(14)20;;/h4-8,15H,3H2,1-2H3,(H,29,30,31)(H,32,33,34);;/q;2*+1/p-2.